The fraction of sp³-hybridized carbons (Fsp3) is 0.409. The van der Waals surface area contributed by atoms with Crippen molar-refractivity contribution in [3.05, 3.63) is 70.8 Å². The van der Waals surface area contributed by atoms with E-state index in [1.165, 1.54) is 43.2 Å². The van der Waals surface area contributed by atoms with Gasteiger partial charge >= 0.3 is 0 Å². The van der Waals surface area contributed by atoms with Gasteiger partial charge in [-0.05, 0) is 36.3 Å². The van der Waals surface area contributed by atoms with Crippen molar-refractivity contribution in [2.24, 2.45) is 0 Å². The van der Waals surface area contributed by atoms with Crippen LogP contribution in [0.25, 0.3) is 0 Å². The standard InChI is InChI=1S/C22H26O/c1-2-10-17-15-9-16-20(21(17)18-11-5-3-6-12-18)22(23)19-13-7-4-8-14-19/h4,7-9,13-16,18H,2-3,5-6,10-12H2,1H3. The highest BCUT2D eigenvalue weighted by Gasteiger charge is 2.24. The normalized spacial score (nSPS) is 15.5. The van der Waals surface area contributed by atoms with Gasteiger partial charge in [-0.3, -0.25) is 4.79 Å². The van der Waals surface area contributed by atoms with Gasteiger partial charge < -0.3 is 0 Å². The minimum atomic E-state index is 0.184. The van der Waals surface area contributed by atoms with Gasteiger partial charge in [-0.15, -0.1) is 0 Å². The Labute approximate surface area is 139 Å². The van der Waals surface area contributed by atoms with E-state index in [-0.39, 0.29) is 5.78 Å². The van der Waals surface area contributed by atoms with Crippen molar-refractivity contribution in [2.45, 2.75) is 57.8 Å². The SMILES string of the molecule is CCCc1cccc(C(=O)c2ccccc2)c1C1CCCCC1. The van der Waals surface area contributed by atoms with Crippen molar-refractivity contribution in [3.8, 4) is 0 Å². The zero-order valence-electron chi connectivity index (χ0n) is 14.1. The van der Waals surface area contributed by atoms with Crippen LogP contribution in [0.2, 0.25) is 0 Å². The molecule has 1 nitrogen and oxygen atoms in total. The molecule has 0 N–H and O–H groups in total. The minimum absolute atomic E-state index is 0.184. The molecule has 23 heavy (non-hydrogen) atoms. The van der Waals surface area contributed by atoms with Crippen LogP contribution in [0.15, 0.2) is 48.5 Å². The molecule has 2 aromatic rings. The third kappa shape index (κ3) is 3.55. The Morgan fingerprint density at radius 3 is 2.39 bits per heavy atom. The third-order valence-corrected chi connectivity index (χ3v) is 5.01. The Bertz CT molecular complexity index is 651. The van der Waals surface area contributed by atoms with E-state index in [2.05, 4.69) is 19.1 Å². The lowest BCUT2D eigenvalue weighted by Gasteiger charge is -2.26. The summed E-state index contributed by atoms with van der Waals surface area (Å²) in [6.07, 6.45) is 8.60. The zero-order chi connectivity index (χ0) is 16.1. The molecular weight excluding hydrogens is 280 g/mol. The zero-order valence-corrected chi connectivity index (χ0v) is 14.1. The number of hydrogen-bond donors (Lipinski definition) is 0. The molecule has 3 rings (SSSR count). The molecule has 0 amide bonds. The van der Waals surface area contributed by atoms with Crippen molar-refractivity contribution in [2.75, 3.05) is 0 Å². The summed E-state index contributed by atoms with van der Waals surface area (Å²) in [5.74, 6) is 0.748. The smallest absolute Gasteiger partial charge is 0.193 e. The molecule has 1 saturated carbocycles. The summed E-state index contributed by atoms with van der Waals surface area (Å²) in [5, 5.41) is 0. The molecule has 0 aromatic heterocycles. The molecule has 1 fully saturated rings. The van der Waals surface area contributed by atoms with E-state index < -0.39 is 0 Å². The Balaban J connectivity index is 2.04. The van der Waals surface area contributed by atoms with Gasteiger partial charge in [-0.25, -0.2) is 0 Å². The summed E-state index contributed by atoms with van der Waals surface area (Å²) >= 11 is 0. The molecule has 0 aliphatic heterocycles. The first-order valence-electron chi connectivity index (χ1n) is 9.02. The number of aryl methyl sites for hydroxylation is 1. The lowest BCUT2D eigenvalue weighted by molar-refractivity contribution is 0.103. The van der Waals surface area contributed by atoms with Crippen molar-refractivity contribution < 1.29 is 4.79 Å². The van der Waals surface area contributed by atoms with Gasteiger partial charge in [0.1, 0.15) is 0 Å². The van der Waals surface area contributed by atoms with Crippen LogP contribution in [0, 0.1) is 0 Å². The molecule has 120 valence electrons. The molecule has 0 atom stereocenters. The maximum absolute atomic E-state index is 13.1. The van der Waals surface area contributed by atoms with Gasteiger partial charge in [0, 0.05) is 11.1 Å². The maximum Gasteiger partial charge on any atom is 0.193 e. The monoisotopic (exact) mass is 306 g/mol. The van der Waals surface area contributed by atoms with Crippen molar-refractivity contribution in [1.29, 1.82) is 0 Å². The van der Waals surface area contributed by atoms with Crippen LogP contribution in [-0.2, 0) is 6.42 Å². The first-order chi connectivity index (χ1) is 11.3. The molecule has 1 aliphatic carbocycles. The largest absolute Gasteiger partial charge is 0.289 e. The van der Waals surface area contributed by atoms with Crippen LogP contribution in [0.4, 0.5) is 0 Å². The number of ketones is 1. The summed E-state index contributed by atoms with van der Waals surface area (Å²) in [7, 11) is 0. The Hall–Kier alpha value is -1.89. The third-order valence-electron chi connectivity index (χ3n) is 5.01. The fourth-order valence-electron chi connectivity index (χ4n) is 3.92. The molecule has 0 unspecified atom stereocenters. The van der Waals surface area contributed by atoms with Crippen LogP contribution in [-0.4, -0.2) is 5.78 Å². The number of carbonyl (C=O) groups is 1. The topological polar surface area (TPSA) is 17.1 Å². The highest BCUT2D eigenvalue weighted by Crippen LogP contribution is 2.37. The molecule has 0 heterocycles. The predicted octanol–water partition coefficient (Wildman–Crippen LogP) is 5.92. The number of rotatable bonds is 5. The molecule has 1 heteroatoms. The van der Waals surface area contributed by atoms with Crippen LogP contribution >= 0.6 is 0 Å². The van der Waals surface area contributed by atoms with Gasteiger partial charge in [-0.1, -0.05) is 81.1 Å². The van der Waals surface area contributed by atoms with Crippen molar-refractivity contribution >= 4 is 5.78 Å². The van der Waals surface area contributed by atoms with Gasteiger partial charge in [0.05, 0.1) is 0 Å². The number of benzene rings is 2. The molecule has 2 aromatic carbocycles. The van der Waals surface area contributed by atoms with Gasteiger partial charge in [0.15, 0.2) is 5.78 Å². The second-order valence-electron chi connectivity index (χ2n) is 6.66. The average Bonchev–Trinajstić information content (AvgIpc) is 2.63. The van der Waals surface area contributed by atoms with E-state index in [1.807, 2.05) is 36.4 Å². The minimum Gasteiger partial charge on any atom is -0.289 e. The molecule has 0 radical (unpaired) electrons. The van der Waals surface area contributed by atoms with E-state index in [0.717, 1.165) is 24.0 Å². The van der Waals surface area contributed by atoms with Gasteiger partial charge in [-0.2, -0.15) is 0 Å². The molecular formula is C22H26O. The van der Waals surface area contributed by atoms with Crippen molar-refractivity contribution in [1.82, 2.24) is 0 Å². The van der Waals surface area contributed by atoms with Crippen LogP contribution in [0.5, 0.6) is 0 Å². The van der Waals surface area contributed by atoms with E-state index in [0.29, 0.717) is 5.92 Å². The van der Waals surface area contributed by atoms with E-state index >= 15 is 0 Å². The summed E-state index contributed by atoms with van der Waals surface area (Å²) in [4.78, 5) is 13.1. The first kappa shape index (κ1) is 16.0. The first-order valence-corrected chi connectivity index (χ1v) is 9.02. The van der Waals surface area contributed by atoms with Crippen LogP contribution in [0.3, 0.4) is 0 Å². The molecule has 0 saturated heterocycles. The second kappa shape index (κ2) is 7.59. The van der Waals surface area contributed by atoms with E-state index in [1.54, 1.807) is 0 Å². The summed E-state index contributed by atoms with van der Waals surface area (Å²) in [6, 6.07) is 16.1. The molecule has 1 aliphatic rings. The van der Waals surface area contributed by atoms with E-state index in [4.69, 9.17) is 0 Å². The Morgan fingerprint density at radius 1 is 0.957 bits per heavy atom. The highest BCUT2D eigenvalue weighted by atomic mass is 16.1. The summed E-state index contributed by atoms with van der Waals surface area (Å²) < 4.78 is 0. The summed E-state index contributed by atoms with van der Waals surface area (Å²) in [5.41, 5.74) is 4.48. The molecule has 0 bridgehead atoms. The van der Waals surface area contributed by atoms with Crippen LogP contribution in [0.1, 0.15) is 78.4 Å². The second-order valence-corrected chi connectivity index (χ2v) is 6.66. The predicted molar refractivity (Wildman–Crippen MR) is 96.1 cm³/mol. The maximum atomic E-state index is 13.1. The van der Waals surface area contributed by atoms with Gasteiger partial charge in [0.25, 0.3) is 0 Å². The quantitative estimate of drug-likeness (QED) is 0.627. The van der Waals surface area contributed by atoms with Gasteiger partial charge in [0.2, 0.25) is 0 Å². The molecule has 0 spiro atoms. The van der Waals surface area contributed by atoms with E-state index in [9.17, 15) is 4.79 Å². The fourth-order valence-corrected chi connectivity index (χ4v) is 3.92. The highest BCUT2D eigenvalue weighted by molar-refractivity contribution is 6.10. The van der Waals surface area contributed by atoms with Crippen molar-refractivity contribution in [3.63, 3.8) is 0 Å². The lowest BCUT2D eigenvalue weighted by atomic mass is 9.78. The lowest BCUT2D eigenvalue weighted by Crippen LogP contribution is -2.14. The average molecular weight is 306 g/mol. The number of hydrogen-bond acceptors (Lipinski definition) is 1. The van der Waals surface area contributed by atoms with Crippen LogP contribution < -0.4 is 0 Å². The Morgan fingerprint density at radius 2 is 1.70 bits per heavy atom. The number of carbonyl (C=O) groups excluding carboxylic acids is 1. The Kier molecular flexibility index (Phi) is 5.27. The summed E-state index contributed by atoms with van der Waals surface area (Å²) in [6.45, 7) is 2.22.